The number of non-ortho nitro benzene ring substituents is 1. The van der Waals surface area contributed by atoms with E-state index in [4.69, 9.17) is 0 Å². The average molecular weight is 298 g/mol. The van der Waals surface area contributed by atoms with Gasteiger partial charge in [-0.3, -0.25) is 14.9 Å². The molecule has 0 spiro atoms. The molecule has 0 aromatic heterocycles. The smallest absolute Gasteiger partial charge is 0.271 e. The van der Waals surface area contributed by atoms with Gasteiger partial charge in [0.1, 0.15) is 5.75 Å². The number of rotatable bonds is 4. The Hall–Kier alpha value is -3.15. The SMILES string of the molecule is Cc1ccc([N+](=O)[O-])cc1NC(=O)C=Cc1ccc(O)cc1. The topological polar surface area (TPSA) is 92.5 Å². The van der Waals surface area contributed by atoms with Crippen LogP contribution >= 0.6 is 0 Å². The van der Waals surface area contributed by atoms with Crippen LogP contribution in [-0.2, 0) is 4.79 Å². The highest BCUT2D eigenvalue weighted by Crippen LogP contribution is 2.21. The Morgan fingerprint density at radius 1 is 1.23 bits per heavy atom. The average Bonchev–Trinajstić information content (AvgIpc) is 2.48. The molecule has 6 nitrogen and oxygen atoms in total. The van der Waals surface area contributed by atoms with Crippen molar-refractivity contribution in [3.63, 3.8) is 0 Å². The van der Waals surface area contributed by atoms with Crippen LogP contribution in [0.1, 0.15) is 11.1 Å². The van der Waals surface area contributed by atoms with Crippen LogP contribution in [0.15, 0.2) is 48.5 Å². The molecule has 0 saturated carbocycles. The van der Waals surface area contributed by atoms with Gasteiger partial charge in [0.15, 0.2) is 0 Å². The molecule has 1 amide bonds. The second kappa shape index (κ2) is 6.53. The second-order valence-corrected chi connectivity index (χ2v) is 4.67. The molecule has 0 fully saturated rings. The molecular formula is C16H14N2O4. The number of hydrogen-bond acceptors (Lipinski definition) is 4. The number of amides is 1. The van der Waals surface area contributed by atoms with E-state index < -0.39 is 10.8 Å². The number of nitrogens with one attached hydrogen (secondary N) is 1. The Labute approximate surface area is 126 Å². The van der Waals surface area contributed by atoms with E-state index in [-0.39, 0.29) is 11.4 Å². The van der Waals surface area contributed by atoms with Crippen LogP contribution in [0.4, 0.5) is 11.4 Å². The van der Waals surface area contributed by atoms with E-state index in [1.165, 1.54) is 30.3 Å². The fourth-order valence-electron chi connectivity index (χ4n) is 1.79. The van der Waals surface area contributed by atoms with E-state index in [9.17, 15) is 20.0 Å². The minimum atomic E-state index is -0.513. The molecule has 0 bridgehead atoms. The van der Waals surface area contributed by atoms with E-state index in [2.05, 4.69) is 5.32 Å². The first-order chi connectivity index (χ1) is 10.5. The Bertz CT molecular complexity index is 736. The van der Waals surface area contributed by atoms with Crippen LogP contribution in [0.25, 0.3) is 6.08 Å². The summed E-state index contributed by atoms with van der Waals surface area (Å²) in [5.74, 6) is -0.245. The van der Waals surface area contributed by atoms with Crippen LogP contribution in [0.3, 0.4) is 0 Å². The number of carbonyl (C=O) groups is 1. The van der Waals surface area contributed by atoms with E-state index in [1.807, 2.05) is 0 Å². The van der Waals surface area contributed by atoms with E-state index in [1.54, 1.807) is 31.2 Å². The standard InChI is InChI=1S/C16H14N2O4/c1-11-2-6-13(18(21)22)10-15(11)17-16(20)9-5-12-3-7-14(19)8-4-12/h2-10,19H,1H3,(H,17,20). The van der Waals surface area contributed by atoms with Crippen molar-refractivity contribution in [3.8, 4) is 5.75 Å². The van der Waals surface area contributed by atoms with Crippen molar-refractivity contribution in [2.45, 2.75) is 6.92 Å². The van der Waals surface area contributed by atoms with Gasteiger partial charge in [0.2, 0.25) is 5.91 Å². The van der Waals surface area contributed by atoms with Crippen LogP contribution in [-0.4, -0.2) is 15.9 Å². The molecule has 2 aromatic rings. The quantitative estimate of drug-likeness (QED) is 0.514. The number of aromatic hydroxyl groups is 1. The van der Waals surface area contributed by atoms with Gasteiger partial charge in [0, 0.05) is 18.2 Å². The molecule has 0 heterocycles. The number of nitro groups is 1. The van der Waals surface area contributed by atoms with Crippen LogP contribution in [0.2, 0.25) is 0 Å². The predicted molar refractivity (Wildman–Crippen MR) is 83.6 cm³/mol. The second-order valence-electron chi connectivity index (χ2n) is 4.67. The molecule has 112 valence electrons. The summed E-state index contributed by atoms with van der Waals surface area (Å²) in [6.45, 7) is 1.75. The molecule has 2 N–H and O–H groups in total. The summed E-state index contributed by atoms with van der Waals surface area (Å²) in [5.41, 5.74) is 1.80. The van der Waals surface area contributed by atoms with Gasteiger partial charge >= 0.3 is 0 Å². The number of nitro benzene ring substituents is 1. The third kappa shape index (κ3) is 3.92. The fraction of sp³-hybridized carbons (Fsp3) is 0.0625. The lowest BCUT2D eigenvalue weighted by molar-refractivity contribution is -0.384. The summed E-state index contributed by atoms with van der Waals surface area (Å²) in [6.07, 6.45) is 2.91. The third-order valence-corrected chi connectivity index (χ3v) is 3.01. The molecule has 0 aliphatic carbocycles. The number of anilines is 1. The zero-order valence-electron chi connectivity index (χ0n) is 11.8. The van der Waals surface area contributed by atoms with Gasteiger partial charge in [-0.25, -0.2) is 0 Å². The monoisotopic (exact) mass is 298 g/mol. The molecule has 22 heavy (non-hydrogen) atoms. The molecule has 0 radical (unpaired) electrons. The lowest BCUT2D eigenvalue weighted by atomic mass is 10.1. The van der Waals surface area contributed by atoms with Crippen LogP contribution in [0, 0.1) is 17.0 Å². The molecular weight excluding hydrogens is 284 g/mol. The molecule has 6 heteroatoms. The van der Waals surface area contributed by atoms with Crippen LogP contribution in [0.5, 0.6) is 5.75 Å². The Balaban J connectivity index is 2.10. The van der Waals surface area contributed by atoms with Gasteiger partial charge in [-0.2, -0.15) is 0 Å². The predicted octanol–water partition coefficient (Wildman–Crippen LogP) is 3.26. The van der Waals surface area contributed by atoms with Crippen molar-refractivity contribution >= 4 is 23.4 Å². The zero-order chi connectivity index (χ0) is 16.1. The van der Waals surface area contributed by atoms with Crippen molar-refractivity contribution in [2.24, 2.45) is 0 Å². The Morgan fingerprint density at radius 3 is 2.55 bits per heavy atom. The number of aryl methyl sites for hydroxylation is 1. The van der Waals surface area contributed by atoms with Gasteiger partial charge in [-0.05, 0) is 36.3 Å². The number of carbonyl (C=O) groups excluding carboxylic acids is 1. The minimum Gasteiger partial charge on any atom is -0.508 e. The molecule has 0 aliphatic heterocycles. The summed E-state index contributed by atoms with van der Waals surface area (Å²) < 4.78 is 0. The summed E-state index contributed by atoms with van der Waals surface area (Å²) in [5, 5.41) is 22.5. The van der Waals surface area contributed by atoms with Crippen molar-refractivity contribution in [2.75, 3.05) is 5.32 Å². The van der Waals surface area contributed by atoms with Crippen molar-refractivity contribution in [3.05, 3.63) is 69.8 Å². The number of hydrogen-bond donors (Lipinski definition) is 2. The first-order valence-electron chi connectivity index (χ1n) is 6.49. The summed E-state index contributed by atoms with van der Waals surface area (Å²) in [4.78, 5) is 22.1. The minimum absolute atomic E-state index is 0.0802. The molecule has 0 aliphatic rings. The van der Waals surface area contributed by atoms with Crippen molar-refractivity contribution in [1.82, 2.24) is 0 Å². The van der Waals surface area contributed by atoms with Gasteiger partial charge in [0.05, 0.1) is 10.6 Å². The van der Waals surface area contributed by atoms with Gasteiger partial charge in [-0.15, -0.1) is 0 Å². The maximum Gasteiger partial charge on any atom is 0.271 e. The van der Waals surface area contributed by atoms with Gasteiger partial charge in [0.25, 0.3) is 5.69 Å². The summed E-state index contributed by atoms with van der Waals surface area (Å²) in [6, 6.07) is 10.6. The first kappa shape index (κ1) is 15.2. The molecule has 2 rings (SSSR count). The highest BCUT2D eigenvalue weighted by Gasteiger charge is 2.09. The summed E-state index contributed by atoms with van der Waals surface area (Å²) in [7, 11) is 0. The zero-order valence-corrected chi connectivity index (χ0v) is 11.8. The van der Waals surface area contributed by atoms with Gasteiger partial charge in [-0.1, -0.05) is 18.2 Å². The maximum atomic E-state index is 11.9. The lowest BCUT2D eigenvalue weighted by Crippen LogP contribution is -2.09. The lowest BCUT2D eigenvalue weighted by Gasteiger charge is -2.06. The maximum absolute atomic E-state index is 11.9. The molecule has 0 atom stereocenters. The Kier molecular flexibility index (Phi) is 4.53. The number of phenolic OH excluding ortho intramolecular Hbond substituents is 1. The molecule has 0 saturated heterocycles. The highest BCUT2D eigenvalue weighted by molar-refractivity contribution is 6.02. The van der Waals surface area contributed by atoms with E-state index in [0.29, 0.717) is 5.69 Å². The number of phenols is 1. The number of nitrogens with zero attached hydrogens (tertiary/aromatic N) is 1. The van der Waals surface area contributed by atoms with Crippen molar-refractivity contribution in [1.29, 1.82) is 0 Å². The highest BCUT2D eigenvalue weighted by atomic mass is 16.6. The van der Waals surface area contributed by atoms with E-state index >= 15 is 0 Å². The molecule has 2 aromatic carbocycles. The van der Waals surface area contributed by atoms with Crippen LogP contribution < -0.4 is 5.32 Å². The Morgan fingerprint density at radius 2 is 1.91 bits per heavy atom. The van der Waals surface area contributed by atoms with Crippen molar-refractivity contribution < 1.29 is 14.8 Å². The largest absolute Gasteiger partial charge is 0.508 e. The molecule has 0 unspecified atom stereocenters. The normalized spacial score (nSPS) is 10.6. The van der Waals surface area contributed by atoms with E-state index in [0.717, 1.165) is 11.1 Å². The summed E-state index contributed by atoms with van der Waals surface area (Å²) >= 11 is 0. The van der Waals surface area contributed by atoms with Gasteiger partial charge < -0.3 is 10.4 Å². The third-order valence-electron chi connectivity index (χ3n) is 3.01. The fourth-order valence-corrected chi connectivity index (χ4v) is 1.79. The first-order valence-corrected chi connectivity index (χ1v) is 6.49. The number of benzene rings is 2.